The van der Waals surface area contributed by atoms with Gasteiger partial charge < -0.3 is 15.0 Å². The maximum atomic E-state index is 13.1. The van der Waals surface area contributed by atoms with Crippen molar-refractivity contribution in [1.82, 2.24) is 0 Å². The molecule has 2 N–H and O–H groups in total. The Morgan fingerprint density at radius 1 is 1.07 bits per heavy atom. The number of quaternary nitrogens is 1. The number of ether oxygens (including phenoxy) is 1. The second-order valence-electron chi connectivity index (χ2n) is 6.80. The van der Waals surface area contributed by atoms with Crippen LogP contribution in [0.2, 0.25) is 0 Å². The summed E-state index contributed by atoms with van der Waals surface area (Å²) >= 11 is 0. The van der Waals surface area contributed by atoms with Crippen LogP contribution in [0.1, 0.15) is 24.4 Å². The first-order valence-corrected chi connectivity index (χ1v) is 9.12. The Labute approximate surface area is 158 Å². The zero-order chi connectivity index (χ0) is 19.2. The van der Waals surface area contributed by atoms with E-state index in [9.17, 15) is 14.0 Å². The van der Waals surface area contributed by atoms with Gasteiger partial charge in [0.05, 0.1) is 26.1 Å². The largest absolute Gasteiger partial charge is 0.469 e. The van der Waals surface area contributed by atoms with Crippen molar-refractivity contribution in [3.05, 3.63) is 66.0 Å². The Kier molecular flexibility index (Phi) is 6.19. The highest BCUT2D eigenvalue weighted by Crippen LogP contribution is 2.18. The molecule has 2 aromatic carbocycles. The van der Waals surface area contributed by atoms with Gasteiger partial charge >= 0.3 is 5.97 Å². The highest BCUT2D eigenvalue weighted by molar-refractivity contribution is 5.94. The smallest absolute Gasteiger partial charge is 0.309 e. The van der Waals surface area contributed by atoms with Crippen LogP contribution in [0.15, 0.2) is 54.6 Å². The number of methoxy groups -OCH3 is 1. The maximum absolute atomic E-state index is 13.1. The lowest BCUT2D eigenvalue weighted by Crippen LogP contribution is -3.14. The van der Waals surface area contributed by atoms with Crippen LogP contribution < -0.4 is 10.2 Å². The molecule has 2 aromatic rings. The zero-order valence-electron chi connectivity index (χ0n) is 15.3. The predicted molar refractivity (Wildman–Crippen MR) is 99.6 cm³/mol. The van der Waals surface area contributed by atoms with Crippen molar-refractivity contribution in [2.24, 2.45) is 5.92 Å². The lowest BCUT2D eigenvalue weighted by atomic mass is 9.94. The van der Waals surface area contributed by atoms with Gasteiger partial charge in [0.15, 0.2) is 6.04 Å². The van der Waals surface area contributed by atoms with E-state index < -0.39 is 6.04 Å². The average Bonchev–Trinajstić information content (AvgIpc) is 2.71. The van der Waals surface area contributed by atoms with Crippen molar-refractivity contribution in [2.75, 3.05) is 25.5 Å². The van der Waals surface area contributed by atoms with Gasteiger partial charge in [-0.2, -0.15) is 0 Å². The SMILES string of the molecule is COC(=O)C1CC[NH+]([C@@H](C(=O)Nc2ccc(F)cc2)c2ccccc2)CC1. The Balaban J connectivity index is 1.77. The number of carbonyl (C=O) groups excluding carboxylic acids is 2. The number of piperidine rings is 1. The van der Waals surface area contributed by atoms with E-state index in [2.05, 4.69) is 5.32 Å². The van der Waals surface area contributed by atoms with Crippen LogP contribution in [0, 0.1) is 11.7 Å². The molecule has 0 radical (unpaired) electrons. The Morgan fingerprint density at radius 2 is 1.70 bits per heavy atom. The minimum Gasteiger partial charge on any atom is -0.469 e. The lowest BCUT2D eigenvalue weighted by molar-refractivity contribution is -0.927. The third-order valence-electron chi connectivity index (χ3n) is 5.08. The topological polar surface area (TPSA) is 59.8 Å². The number of benzene rings is 2. The third-order valence-corrected chi connectivity index (χ3v) is 5.08. The van der Waals surface area contributed by atoms with Crippen LogP contribution in [0.4, 0.5) is 10.1 Å². The number of likely N-dealkylation sites (tertiary alicyclic amines) is 1. The molecule has 1 atom stereocenters. The molecule has 5 nitrogen and oxygen atoms in total. The minimum atomic E-state index is -0.394. The lowest BCUT2D eigenvalue weighted by Gasteiger charge is -2.33. The highest BCUT2D eigenvalue weighted by atomic mass is 19.1. The molecule has 0 saturated carbocycles. The molecule has 27 heavy (non-hydrogen) atoms. The van der Waals surface area contributed by atoms with Gasteiger partial charge in [0, 0.05) is 24.1 Å². The fraction of sp³-hybridized carbons (Fsp3) is 0.333. The van der Waals surface area contributed by atoms with Gasteiger partial charge in [0.1, 0.15) is 5.82 Å². The third kappa shape index (κ3) is 4.71. The van der Waals surface area contributed by atoms with Gasteiger partial charge in [-0.25, -0.2) is 4.39 Å². The first-order valence-electron chi connectivity index (χ1n) is 9.12. The van der Waals surface area contributed by atoms with Gasteiger partial charge in [-0.15, -0.1) is 0 Å². The molecule has 3 rings (SSSR count). The number of halogens is 1. The van der Waals surface area contributed by atoms with Crippen LogP contribution in [-0.2, 0) is 14.3 Å². The summed E-state index contributed by atoms with van der Waals surface area (Å²) in [5, 5.41) is 2.89. The molecule has 0 bridgehead atoms. The molecule has 142 valence electrons. The Morgan fingerprint density at radius 3 is 2.30 bits per heavy atom. The molecule has 1 fully saturated rings. The second-order valence-corrected chi connectivity index (χ2v) is 6.80. The maximum Gasteiger partial charge on any atom is 0.309 e. The van der Waals surface area contributed by atoms with E-state index in [0.29, 0.717) is 31.6 Å². The van der Waals surface area contributed by atoms with Gasteiger partial charge in [-0.05, 0) is 24.3 Å². The zero-order valence-corrected chi connectivity index (χ0v) is 15.3. The molecular weight excluding hydrogens is 347 g/mol. The number of rotatable bonds is 5. The molecule has 0 unspecified atom stereocenters. The molecule has 1 heterocycles. The predicted octanol–water partition coefficient (Wildman–Crippen LogP) is 1.97. The van der Waals surface area contributed by atoms with E-state index in [0.717, 1.165) is 10.5 Å². The van der Waals surface area contributed by atoms with Gasteiger partial charge in [-0.1, -0.05) is 30.3 Å². The summed E-state index contributed by atoms with van der Waals surface area (Å²) in [6, 6.07) is 15.0. The first-order chi connectivity index (χ1) is 13.1. The number of nitrogens with one attached hydrogen (secondary N) is 2. The number of hydrogen-bond donors (Lipinski definition) is 2. The summed E-state index contributed by atoms with van der Waals surface area (Å²) < 4.78 is 18.0. The quantitative estimate of drug-likeness (QED) is 0.790. The molecule has 0 spiro atoms. The first kappa shape index (κ1) is 19.0. The monoisotopic (exact) mass is 371 g/mol. The average molecular weight is 371 g/mol. The molecule has 1 saturated heterocycles. The number of anilines is 1. The fourth-order valence-electron chi connectivity index (χ4n) is 3.65. The van der Waals surface area contributed by atoms with Crippen molar-refractivity contribution in [3.8, 4) is 0 Å². The summed E-state index contributed by atoms with van der Waals surface area (Å²) in [4.78, 5) is 25.9. The van der Waals surface area contributed by atoms with Crippen LogP contribution in [0.25, 0.3) is 0 Å². The second kappa shape index (κ2) is 8.77. The van der Waals surface area contributed by atoms with Gasteiger partial charge in [-0.3, -0.25) is 9.59 Å². The van der Waals surface area contributed by atoms with Crippen molar-refractivity contribution in [1.29, 1.82) is 0 Å². The number of amides is 1. The minimum absolute atomic E-state index is 0.102. The molecule has 0 aliphatic carbocycles. The molecule has 1 amide bonds. The van der Waals surface area contributed by atoms with Gasteiger partial charge in [0.2, 0.25) is 0 Å². The van der Waals surface area contributed by atoms with Crippen molar-refractivity contribution >= 4 is 17.6 Å². The molecule has 0 aromatic heterocycles. The molecule has 1 aliphatic heterocycles. The van der Waals surface area contributed by atoms with Crippen LogP contribution in [0.5, 0.6) is 0 Å². The molecule has 1 aliphatic rings. The van der Waals surface area contributed by atoms with Crippen LogP contribution in [0.3, 0.4) is 0 Å². The number of hydrogen-bond acceptors (Lipinski definition) is 3. The van der Waals surface area contributed by atoms with Gasteiger partial charge in [0.25, 0.3) is 5.91 Å². The summed E-state index contributed by atoms with van der Waals surface area (Å²) in [7, 11) is 1.41. The standard InChI is InChI=1S/C21H23FN2O3/c1-27-21(26)16-11-13-24(14-12-16)19(15-5-3-2-4-6-15)20(25)23-18-9-7-17(22)8-10-18/h2-10,16,19H,11-14H2,1H3,(H,23,25)/p+1/t19-/m1/s1. The number of esters is 1. The summed E-state index contributed by atoms with van der Waals surface area (Å²) in [5.41, 5.74) is 1.48. The molecular formula is C21H24FN2O3+. The summed E-state index contributed by atoms with van der Waals surface area (Å²) in [6.45, 7) is 1.41. The van der Waals surface area contributed by atoms with Crippen molar-refractivity contribution in [3.63, 3.8) is 0 Å². The van der Waals surface area contributed by atoms with E-state index in [1.165, 1.54) is 19.2 Å². The normalized spacial score (nSPS) is 20.5. The van der Waals surface area contributed by atoms with E-state index in [4.69, 9.17) is 4.74 Å². The van der Waals surface area contributed by atoms with E-state index in [1.54, 1.807) is 12.1 Å². The van der Waals surface area contributed by atoms with E-state index >= 15 is 0 Å². The van der Waals surface area contributed by atoms with Crippen LogP contribution >= 0.6 is 0 Å². The highest BCUT2D eigenvalue weighted by Gasteiger charge is 2.36. The van der Waals surface area contributed by atoms with Crippen LogP contribution in [-0.4, -0.2) is 32.1 Å². The Bertz CT molecular complexity index is 772. The van der Waals surface area contributed by atoms with Crippen molar-refractivity contribution < 1.29 is 23.6 Å². The fourth-order valence-corrected chi connectivity index (χ4v) is 3.65. The summed E-state index contributed by atoms with van der Waals surface area (Å²) in [6.07, 6.45) is 1.38. The molecule has 6 heteroatoms. The Hall–Kier alpha value is -2.73. The number of carbonyl (C=O) groups is 2. The van der Waals surface area contributed by atoms with Crippen molar-refractivity contribution in [2.45, 2.75) is 18.9 Å². The summed E-state index contributed by atoms with van der Waals surface area (Å²) in [5.74, 6) is -0.765. The van der Waals surface area contributed by atoms with E-state index in [-0.39, 0.29) is 23.6 Å². The van der Waals surface area contributed by atoms with E-state index in [1.807, 2.05) is 30.3 Å².